The van der Waals surface area contributed by atoms with Gasteiger partial charge in [-0.05, 0) is 173 Å². The van der Waals surface area contributed by atoms with E-state index in [0.29, 0.717) is 24.2 Å². The predicted molar refractivity (Wildman–Crippen MR) is 331 cm³/mol. The Morgan fingerprint density at radius 3 is 1.66 bits per heavy atom. The third kappa shape index (κ3) is 12.4. The highest BCUT2D eigenvalue weighted by molar-refractivity contribution is 6.11. The summed E-state index contributed by atoms with van der Waals surface area (Å²) in [5.74, 6) is -0.148. The zero-order chi connectivity index (χ0) is 55.9. The van der Waals surface area contributed by atoms with E-state index in [1.165, 1.54) is 16.7 Å². The van der Waals surface area contributed by atoms with Crippen LogP contribution >= 0.6 is 0 Å². The zero-order valence-electron chi connectivity index (χ0n) is 47.2. The molecule has 2 heterocycles. The quantitative estimate of drug-likeness (QED) is 0.0179. The van der Waals surface area contributed by atoms with E-state index in [-0.39, 0.29) is 17.9 Å². The highest BCUT2D eigenvalue weighted by Gasteiger charge is 2.33. The molecule has 1 aliphatic heterocycles. The van der Waals surface area contributed by atoms with Crippen LogP contribution in [0.5, 0.6) is 0 Å². The number of nitrogen functional groups attached to an aromatic ring is 2. The average molecular weight is 1060 g/mol. The SMILES string of the molecule is CC1=CC2=Nc3cc(C)c(N)cc3N(c3ccc(C)cc3)C2C=C1NCCCCCCNC(=O)c1ccc(-c2ccc(C(=O)NCCCCCCNc3cc4c(cc3C)nc3cc(C)c(N)cc3[n+]4-c3ccc(C)cc3)cc2)cc1. The molecular formula is C68H75N10O2+. The minimum Gasteiger partial charge on any atom is -0.398 e. The van der Waals surface area contributed by atoms with Crippen LogP contribution in [0.25, 0.3) is 38.9 Å². The number of aliphatic imine (C=N–C) groups is 1. The van der Waals surface area contributed by atoms with Gasteiger partial charge in [0.25, 0.3) is 11.8 Å². The normalized spacial score (nSPS) is 13.8. The summed E-state index contributed by atoms with van der Waals surface area (Å²) in [6.07, 6.45) is 12.5. The van der Waals surface area contributed by atoms with Crippen LogP contribution in [0.3, 0.4) is 0 Å². The maximum Gasteiger partial charge on any atom is 0.251 e. The van der Waals surface area contributed by atoms with Gasteiger partial charge in [0.1, 0.15) is 11.0 Å². The summed E-state index contributed by atoms with van der Waals surface area (Å²) in [6.45, 7) is 15.5. The maximum absolute atomic E-state index is 13.1. The van der Waals surface area contributed by atoms with Crippen LogP contribution in [0.2, 0.25) is 0 Å². The molecule has 0 saturated heterocycles. The lowest BCUT2D eigenvalue weighted by Crippen LogP contribution is -2.41. The number of aromatic nitrogens is 2. The summed E-state index contributed by atoms with van der Waals surface area (Å²) in [7, 11) is 0. The van der Waals surface area contributed by atoms with Crippen LogP contribution < -0.4 is 42.2 Å². The number of rotatable bonds is 21. The number of anilines is 5. The Kier molecular flexibility index (Phi) is 16.7. The molecule has 8 aromatic rings. The van der Waals surface area contributed by atoms with E-state index in [0.717, 1.165) is 166 Å². The van der Waals surface area contributed by atoms with Crippen molar-refractivity contribution in [2.24, 2.45) is 4.99 Å². The van der Waals surface area contributed by atoms with Crippen molar-refractivity contribution in [2.45, 2.75) is 99.0 Å². The van der Waals surface area contributed by atoms with Gasteiger partial charge in [-0.3, -0.25) is 9.59 Å². The summed E-state index contributed by atoms with van der Waals surface area (Å²) in [6, 6.07) is 45.1. The fourth-order valence-corrected chi connectivity index (χ4v) is 10.8. The van der Waals surface area contributed by atoms with E-state index in [2.05, 4.69) is 149 Å². The topological polar surface area (TPSA) is 167 Å². The number of nitrogens with one attached hydrogen (secondary N) is 4. The number of fused-ring (bicyclic) bond motifs is 4. The molecule has 12 heteroatoms. The van der Waals surface area contributed by atoms with Gasteiger partial charge in [0, 0.05) is 90.0 Å². The van der Waals surface area contributed by atoms with Crippen molar-refractivity contribution < 1.29 is 14.2 Å². The third-order valence-electron chi connectivity index (χ3n) is 15.6. The number of hydrogen-bond donors (Lipinski definition) is 6. The van der Waals surface area contributed by atoms with Gasteiger partial charge < -0.3 is 37.6 Å². The molecule has 0 saturated carbocycles. The molecule has 0 bridgehead atoms. The van der Waals surface area contributed by atoms with Crippen LogP contribution in [-0.2, 0) is 0 Å². The average Bonchev–Trinajstić information content (AvgIpc) is 3.60. The predicted octanol–water partition coefficient (Wildman–Crippen LogP) is 13.5. The molecule has 408 valence electrons. The molecule has 1 aromatic heterocycles. The monoisotopic (exact) mass is 1060 g/mol. The second kappa shape index (κ2) is 24.5. The number of aryl methyl sites for hydroxylation is 5. The first kappa shape index (κ1) is 54.6. The molecule has 2 aliphatic rings. The number of carbonyl (C=O) groups excluding carboxylic acids is 2. The first-order chi connectivity index (χ1) is 38.8. The van der Waals surface area contributed by atoms with Crippen LogP contribution in [0.15, 0.2) is 162 Å². The fourth-order valence-electron chi connectivity index (χ4n) is 10.8. The number of amides is 2. The molecule has 0 radical (unpaired) electrons. The van der Waals surface area contributed by atoms with Crippen molar-refractivity contribution in [2.75, 3.05) is 47.9 Å². The van der Waals surface area contributed by atoms with E-state index in [1.54, 1.807) is 0 Å². The number of benzene rings is 7. The lowest BCUT2D eigenvalue weighted by atomic mass is 9.93. The van der Waals surface area contributed by atoms with Gasteiger partial charge in [0.2, 0.25) is 16.7 Å². The second-order valence-corrected chi connectivity index (χ2v) is 21.8. The summed E-state index contributed by atoms with van der Waals surface area (Å²) < 4.78 is 2.26. The molecule has 1 aliphatic carbocycles. The molecule has 0 fully saturated rings. The van der Waals surface area contributed by atoms with Crippen molar-refractivity contribution in [1.29, 1.82) is 0 Å². The molecule has 0 spiro atoms. The number of unbranched alkanes of at least 4 members (excludes halogenated alkanes) is 6. The fraction of sp³-hybridized carbons (Fsp3) is 0.279. The first-order valence-electron chi connectivity index (χ1n) is 28.4. The van der Waals surface area contributed by atoms with Gasteiger partial charge >= 0.3 is 0 Å². The van der Waals surface area contributed by atoms with Crippen LogP contribution in [0.1, 0.15) is 107 Å². The lowest BCUT2D eigenvalue weighted by Gasteiger charge is -2.39. The van der Waals surface area contributed by atoms with Crippen LogP contribution in [-0.4, -0.2) is 54.7 Å². The number of nitrogens with two attached hydrogens (primary N) is 2. The number of nitrogens with zero attached hydrogens (tertiary/aromatic N) is 4. The van der Waals surface area contributed by atoms with E-state index >= 15 is 0 Å². The Hall–Kier alpha value is -8.77. The van der Waals surface area contributed by atoms with E-state index in [4.69, 9.17) is 21.4 Å². The summed E-state index contributed by atoms with van der Waals surface area (Å²) >= 11 is 0. The van der Waals surface area contributed by atoms with Crippen molar-refractivity contribution in [3.8, 4) is 16.8 Å². The summed E-state index contributed by atoms with van der Waals surface area (Å²) in [4.78, 5) is 38.6. The van der Waals surface area contributed by atoms with Gasteiger partial charge in [-0.25, -0.2) is 9.98 Å². The van der Waals surface area contributed by atoms with Crippen molar-refractivity contribution >= 4 is 73.7 Å². The molecule has 8 N–H and O–H groups in total. The van der Waals surface area contributed by atoms with Gasteiger partial charge in [-0.2, -0.15) is 0 Å². The van der Waals surface area contributed by atoms with Crippen molar-refractivity contribution in [3.63, 3.8) is 0 Å². The molecular weight excluding hydrogens is 989 g/mol. The third-order valence-corrected chi connectivity index (χ3v) is 15.6. The van der Waals surface area contributed by atoms with Crippen LogP contribution in [0, 0.1) is 34.6 Å². The summed E-state index contributed by atoms with van der Waals surface area (Å²) in [5, 5.41) is 13.6. The highest BCUT2D eigenvalue weighted by Crippen LogP contribution is 2.44. The Morgan fingerprint density at radius 2 is 1.06 bits per heavy atom. The number of carbonyl (C=O) groups is 2. The molecule has 2 amide bonds. The standard InChI is InChI=1S/C68H74N10O2/c1-43-15-27-53(28-16-43)77-63-39-55(69)45(3)35-59(63)75-61-37-47(5)57(41-65(61)77)71-31-11-7-9-13-33-73-67(79)51-23-19-49(20-24-51)50-21-25-52(26-22-50)68(80)74-34-14-10-8-12-32-72-58-42-66-62(38-48(58)6)76-60-36-46(4)56(70)40-64(60)78(66)54-29-17-44(2)18-30-54/h15-30,35-42,65,71H,7-14,31-34,69H2,1-6H3,(H4,70,72,73,74,79,80)/p+1. The zero-order valence-corrected chi connectivity index (χ0v) is 47.2. The van der Waals surface area contributed by atoms with E-state index in [9.17, 15) is 9.59 Å². The van der Waals surface area contributed by atoms with Crippen LogP contribution in [0.4, 0.5) is 34.1 Å². The molecule has 12 nitrogen and oxygen atoms in total. The molecule has 80 heavy (non-hydrogen) atoms. The minimum atomic E-state index is -0.0745. The second-order valence-electron chi connectivity index (χ2n) is 21.8. The van der Waals surface area contributed by atoms with Gasteiger partial charge in [-0.15, -0.1) is 4.57 Å². The van der Waals surface area contributed by atoms with Crippen molar-refractivity contribution in [3.05, 3.63) is 196 Å². The Balaban J connectivity index is 0.617. The van der Waals surface area contributed by atoms with Gasteiger partial charge in [0.15, 0.2) is 0 Å². The molecule has 1 unspecified atom stereocenters. The molecule has 1 atom stereocenters. The Labute approximate surface area is 471 Å². The molecule has 10 rings (SSSR count). The van der Waals surface area contributed by atoms with Crippen molar-refractivity contribution in [1.82, 2.24) is 20.9 Å². The Morgan fingerprint density at radius 1 is 0.550 bits per heavy atom. The first-order valence-corrected chi connectivity index (χ1v) is 28.4. The minimum absolute atomic E-state index is 0.0563. The number of hydrogen-bond acceptors (Lipinski definition) is 9. The summed E-state index contributed by atoms with van der Waals surface area (Å²) in [5.41, 5.74) is 35.6. The lowest BCUT2D eigenvalue weighted by molar-refractivity contribution is -0.538. The largest absolute Gasteiger partial charge is 0.398 e. The van der Waals surface area contributed by atoms with E-state index < -0.39 is 0 Å². The van der Waals surface area contributed by atoms with E-state index in [1.807, 2.05) is 68.4 Å². The maximum atomic E-state index is 13.1. The Bertz CT molecular complexity index is 3680. The highest BCUT2D eigenvalue weighted by atomic mass is 16.2. The van der Waals surface area contributed by atoms with Gasteiger partial charge in [-0.1, -0.05) is 85.3 Å². The van der Waals surface area contributed by atoms with Gasteiger partial charge in [0.05, 0.1) is 23.1 Å². The molecule has 7 aromatic carbocycles. The number of allylic oxidation sites excluding steroid dienone is 1. The smallest absolute Gasteiger partial charge is 0.251 e.